The molecule has 0 spiro atoms. The minimum absolute atomic E-state index is 0.908. The van der Waals surface area contributed by atoms with Gasteiger partial charge in [-0.1, -0.05) is 17.3 Å². The molecule has 0 saturated carbocycles. The minimum Gasteiger partial charge on any atom is -0.388 e. The average Bonchev–Trinajstić information content (AvgIpc) is 2.83. The predicted molar refractivity (Wildman–Crippen MR) is 68.4 cm³/mol. The van der Waals surface area contributed by atoms with Crippen molar-refractivity contribution < 1.29 is 0 Å². The molecule has 0 aliphatic heterocycles. The van der Waals surface area contributed by atoms with E-state index in [2.05, 4.69) is 15.6 Å². The van der Waals surface area contributed by atoms with Crippen LogP contribution in [0.2, 0.25) is 0 Å². The van der Waals surface area contributed by atoms with Gasteiger partial charge in [-0.2, -0.15) is 0 Å². The standard InChI is InChI=1S/C13H12N4/c1-14-10-6-8-11(9-7-10)17-13-5-3-2-4-12(13)15-16-17/h2-9,14H,1H3. The van der Waals surface area contributed by atoms with Gasteiger partial charge in [0.25, 0.3) is 0 Å². The van der Waals surface area contributed by atoms with Gasteiger partial charge in [-0.05, 0) is 36.4 Å². The van der Waals surface area contributed by atoms with Crippen LogP contribution in [-0.4, -0.2) is 22.0 Å². The lowest BCUT2D eigenvalue weighted by Crippen LogP contribution is -1.96. The van der Waals surface area contributed by atoms with Crippen molar-refractivity contribution in [3.63, 3.8) is 0 Å². The molecule has 0 aliphatic rings. The van der Waals surface area contributed by atoms with E-state index in [0.29, 0.717) is 0 Å². The number of nitrogens with one attached hydrogen (secondary N) is 1. The number of hydrogen-bond donors (Lipinski definition) is 1. The lowest BCUT2D eigenvalue weighted by molar-refractivity contribution is 0.824. The fraction of sp³-hybridized carbons (Fsp3) is 0.0769. The lowest BCUT2D eigenvalue weighted by Gasteiger charge is -2.04. The van der Waals surface area contributed by atoms with E-state index in [9.17, 15) is 0 Å². The third-order valence-corrected chi connectivity index (χ3v) is 2.75. The molecule has 0 atom stereocenters. The number of fused-ring (bicyclic) bond motifs is 1. The SMILES string of the molecule is CNc1ccc(-n2nnc3ccccc32)cc1. The van der Waals surface area contributed by atoms with E-state index in [1.54, 1.807) is 0 Å². The number of para-hydroxylation sites is 1. The van der Waals surface area contributed by atoms with Crippen molar-refractivity contribution in [1.29, 1.82) is 0 Å². The van der Waals surface area contributed by atoms with Gasteiger partial charge in [-0.25, -0.2) is 4.68 Å². The molecule has 17 heavy (non-hydrogen) atoms. The molecule has 0 amide bonds. The van der Waals surface area contributed by atoms with E-state index in [4.69, 9.17) is 0 Å². The molecule has 0 aliphatic carbocycles. The molecular weight excluding hydrogens is 212 g/mol. The Morgan fingerprint density at radius 3 is 2.53 bits per heavy atom. The van der Waals surface area contributed by atoms with E-state index in [-0.39, 0.29) is 0 Å². The van der Waals surface area contributed by atoms with Crippen LogP contribution in [0.1, 0.15) is 0 Å². The van der Waals surface area contributed by atoms with Crippen LogP contribution in [0.5, 0.6) is 0 Å². The Balaban J connectivity index is 2.13. The van der Waals surface area contributed by atoms with Crippen molar-refractivity contribution in [3.8, 4) is 5.69 Å². The first-order valence-corrected chi connectivity index (χ1v) is 5.47. The molecule has 4 nitrogen and oxygen atoms in total. The highest BCUT2D eigenvalue weighted by molar-refractivity contribution is 5.76. The van der Waals surface area contributed by atoms with Gasteiger partial charge in [0.05, 0.1) is 11.2 Å². The van der Waals surface area contributed by atoms with E-state index >= 15 is 0 Å². The first kappa shape index (κ1) is 9.84. The normalized spacial score (nSPS) is 10.6. The average molecular weight is 224 g/mol. The smallest absolute Gasteiger partial charge is 0.113 e. The third-order valence-electron chi connectivity index (χ3n) is 2.75. The minimum atomic E-state index is 0.908. The van der Waals surface area contributed by atoms with E-state index < -0.39 is 0 Å². The van der Waals surface area contributed by atoms with E-state index in [1.165, 1.54) is 0 Å². The predicted octanol–water partition coefficient (Wildman–Crippen LogP) is 2.46. The summed E-state index contributed by atoms with van der Waals surface area (Å²) >= 11 is 0. The Kier molecular flexibility index (Phi) is 2.26. The Morgan fingerprint density at radius 2 is 1.76 bits per heavy atom. The molecule has 0 saturated heterocycles. The summed E-state index contributed by atoms with van der Waals surface area (Å²) < 4.78 is 1.84. The van der Waals surface area contributed by atoms with Crippen molar-refractivity contribution in [3.05, 3.63) is 48.5 Å². The molecule has 0 unspecified atom stereocenters. The van der Waals surface area contributed by atoms with Crippen molar-refractivity contribution in [2.24, 2.45) is 0 Å². The maximum absolute atomic E-state index is 4.17. The van der Waals surface area contributed by atoms with Gasteiger partial charge in [0.2, 0.25) is 0 Å². The van der Waals surface area contributed by atoms with Crippen LogP contribution in [0.25, 0.3) is 16.7 Å². The molecule has 4 heteroatoms. The van der Waals surface area contributed by atoms with Gasteiger partial charge < -0.3 is 5.32 Å². The van der Waals surface area contributed by atoms with Crippen LogP contribution in [0, 0.1) is 0 Å². The number of benzene rings is 2. The fourth-order valence-corrected chi connectivity index (χ4v) is 1.83. The zero-order chi connectivity index (χ0) is 11.7. The number of rotatable bonds is 2. The number of anilines is 1. The summed E-state index contributed by atoms with van der Waals surface area (Å²) in [5.41, 5.74) is 4.02. The largest absolute Gasteiger partial charge is 0.388 e. The summed E-state index contributed by atoms with van der Waals surface area (Å²) in [4.78, 5) is 0. The number of hydrogen-bond acceptors (Lipinski definition) is 3. The van der Waals surface area contributed by atoms with Crippen molar-refractivity contribution in [2.45, 2.75) is 0 Å². The molecule has 1 N–H and O–H groups in total. The maximum atomic E-state index is 4.17. The molecular formula is C13H12N4. The van der Waals surface area contributed by atoms with Crippen molar-refractivity contribution in [1.82, 2.24) is 15.0 Å². The summed E-state index contributed by atoms with van der Waals surface area (Å²) in [7, 11) is 1.90. The lowest BCUT2D eigenvalue weighted by atomic mass is 10.2. The molecule has 1 aromatic heterocycles. The highest BCUT2D eigenvalue weighted by Gasteiger charge is 2.04. The van der Waals surface area contributed by atoms with E-state index in [1.807, 2.05) is 60.3 Å². The van der Waals surface area contributed by atoms with Gasteiger partial charge in [0.15, 0.2) is 0 Å². The van der Waals surface area contributed by atoms with Gasteiger partial charge >= 0.3 is 0 Å². The Morgan fingerprint density at radius 1 is 1.00 bits per heavy atom. The highest BCUT2D eigenvalue weighted by atomic mass is 15.4. The number of nitrogens with zero attached hydrogens (tertiary/aromatic N) is 3. The highest BCUT2D eigenvalue weighted by Crippen LogP contribution is 2.17. The zero-order valence-corrected chi connectivity index (χ0v) is 9.46. The Labute approximate surface area is 98.9 Å². The maximum Gasteiger partial charge on any atom is 0.113 e. The molecule has 0 fully saturated rings. The molecule has 2 aromatic carbocycles. The van der Waals surface area contributed by atoms with Crippen LogP contribution in [0.15, 0.2) is 48.5 Å². The molecule has 84 valence electrons. The van der Waals surface area contributed by atoms with Crippen LogP contribution in [0.3, 0.4) is 0 Å². The van der Waals surface area contributed by atoms with Crippen LogP contribution in [0.4, 0.5) is 5.69 Å². The summed E-state index contributed by atoms with van der Waals surface area (Å²) in [5, 5.41) is 11.4. The second-order valence-corrected chi connectivity index (χ2v) is 3.79. The molecule has 0 bridgehead atoms. The summed E-state index contributed by atoms with van der Waals surface area (Å²) in [5.74, 6) is 0. The number of aromatic nitrogens is 3. The van der Waals surface area contributed by atoms with Crippen molar-refractivity contribution in [2.75, 3.05) is 12.4 Å². The first-order chi connectivity index (χ1) is 8.38. The van der Waals surface area contributed by atoms with Crippen LogP contribution >= 0.6 is 0 Å². The Bertz CT molecular complexity index is 640. The van der Waals surface area contributed by atoms with Gasteiger partial charge in [-0.15, -0.1) is 5.10 Å². The summed E-state index contributed by atoms with van der Waals surface area (Å²) in [6.07, 6.45) is 0. The van der Waals surface area contributed by atoms with Gasteiger partial charge in [0, 0.05) is 12.7 Å². The topological polar surface area (TPSA) is 42.7 Å². The monoisotopic (exact) mass is 224 g/mol. The van der Waals surface area contributed by atoms with Crippen molar-refractivity contribution >= 4 is 16.7 Å². The molecule has 3 rings (SSSR count). The summed E-state index contributed by atoms with van der Waals surface area (Å²) in [6.45, 7) is 0. The first-order valence-electron chi connectivity index (χ1n) is 5.47. The van der Waals surface area contributed by atoms with E-state index in [0.717, 1.165) is 22.4 Å². The van der Waals surface area contributed by atoms with Crippen LogP contribution < -0.4 is 5.32 Å². The van der Waals surface area contributed by atoms with Crippen LogP contribution in [-0.2, 0) is 0 Å². The second-order valence-electron chi connectivity index (χ2n) is 3.79. The zero-order valence-electron chi connectivity index (χ0n) is 9.46. The Hall–Kier alpha value is -2.36. The molecule has 3 aromatic rings. The fourth-order valence-electron chi connectivity index (χ4n) is 1.83. The van der Waals surface area contributed by atoms with Gasteiger partial charge in [0.1, 0.15) is 5.52 Å². The third kappa shape index (κ3) is 1.63. The van der Waals surface area contributed by atoms with Gasteiger partial charge in [-0.3, -0.25) is 0 Å². The quantitative estimate of drug-likeness (QED) is 0.727. The summed E-state index contributed by atoms with van der Waals surface area (Å²) in [6, 6.07) is 16.0. The second kappa shape index (κ2) is 3.90. The molecule has 1 heterocycles. The molecule has 0 radical (unpaired) electrons.